The van der Waals surface area contributed by atoms with Crippen LogP contribution in [-0.4, -0.2) is 11.6 Å². The van der Waals surface area contributed by atoms with E-state index in [0.29, 0.717) is 0 Å². The van der Waals surface area contributed by atoms with Crippen molar-refractivity contribution < 1.29 is 0 Å². The van der Waals surface area contributed by atoms with E-state index in [9.17, 15) is 0 Å². The Kier molecular flexibility index (Phi) is 6.29. The van der Waals surface area contributed by atoms with Crippen LogP contribution in [0.3, 0.4) is 0 Å². The molecule has 0 aliphatic carbocycles. The van der Waals surface area contributed by atoms with E-state index in [4.69, 9.17) is 0 Å². The van der Waals surface area contributed by atoms with Crippen molar-refractivity contribution in [3.05, 3.63) is 24.8 Å². The van der Waals surface area contributed by atoms with Crippen LogP contribution in [0.2, 0.25) is 0 Å². The lowest BCUT2D eigenvalue weighted by Crippen LogP contribution is -1.84. The number of aliphatic imine (C=N–C) groups is 1. The second-order valence-corrected chi connectivity index (χ2v) is 2.31. The van der Waals surface area contributed by atoms with Gasteiger partial charge >= 0.3 is 0 Å². The fraction of sp³-hybridized carbons (Fsp3) is 0.375. The third-order valence-electron chi connectivity index (χ3n) is 0.907. The zero-order valence-electron chi connectivity index (χ0n) is 6.20. The first kappa shape index (κ1) is 9.50. The average molecular weight is 155 g/mol. The van der Waals surface area contributed by atoms with Crippen molar-refractivity contribution in [1.82, 2.24) is 0 Å². The molecule has 1 nitrogen and oxygen atoms in total. The van der Waals surface area contributed by atoms with Crippen LogP contribution >= 0.6 is 12.6 Å². The minimum atomic E-state index is -0.0680. The van der Waals surface area contributed by atoms with Crippen molar-refractivity contribution >= 4 is 18.8 Å². The summed E-state index contributed by atoms with van der Waals surface area (Å²) in [5.74, 6) is 0. The molecular formula is C8H13NS. The highest BCUT2D eigenvalue weighted by Gasteiger charge is 1.84. The van der Waals surface area contributed by atoms with Crippen LogP contribution in [0.5, 0.6) is 0 Å². The summed E-state index contributed by atoms with van der Waals surface area (Å²) in [6.45, 7) is 5.62. The molecule has 0 bridgehead atoms. The van der Waals surface area contributed by atoms with Crippen molar-refractivity contribution in [2.45, 2.75) is 18.7 Å². The molecule has 0 N–H and O–H groups in total. The fourth-order valence-electron chi connectivity index (χ4n) is 0.396. The standard InChI is InChI=1S/C8H13NS/c1-3-5-6-7-9-8(10)4-2/h4-8,10H,2-3H2,1H3/b6-5-,9-7-/t8-/m0/s1. The molecule has 0 aromatic heterocycles. The van der Waals surface area contributed by atoms with Gasteiger partial charge in [0.2, 0.25) is 0 Å². The zero-order chi connectivity index (χ0) is 7.82. The highest BCUT2D eigenvalue weighted by molar-refractivity contribution is 7.81. The van der Waals surface area contributed by atoms with E-state index in [2.05, 4.69) is 31.1 Å². The van der Waals surface area contributed by atoms with Gasteiger partial charge in [0.05, 0.1) is 0 Å². The van der Waals surface area contributed by atoms with Gasteiger partial charge in [0.25, 0.3) is 0 Å². The van der Waals surface area contributed by atoms with Gasteiger partial charge in [-0.15, -0.1) is 19.2 Å². The van der Waals surface area contributed by atoms with Gasteiger partial charge in [-0.2, -0.15) is 0 Å². The quantitative estimate of drug-likeness (QED) is 0.364. The Morgan fingerprint density at radius 2 is 2.40 bits per heavy atom. The van der Waals surface area contributed by atoms with Gasteiger partial charge in [0.1, 0.15) is 5.37 Å². The molecule has 0 aliphatic heterocycles. The smallest absolute Gasteiger partial charge is 0.110 e. The number of hydrogen-bond donors (Lipinski definition) is 1. The van der Waals surface area contributed by atoms with Crippen LogP contribution in [0, 0.1) is 0 Å². The normalized spacial score (nSPS) is 14.6. The lowest BCUT2D eigenvalue weighted by molar-refractivity contribution is 1.18. The third kappa shape index (κ3) is 5.63. The zero-order valence-corrected chi connectivity index (χ0v) is 7.09. The number of hydrogen-bond acceptors (Lipinski definition) is 2. The number of rotatable bonds is 4. The molecule has 0 rings (SSSR count). The van der Waals surface area contributed by atoms with Crippen molar-refractivity contribution in [2.24, 2.45) is 4.99 Å². The summed E-state index contributed by atoms with van der Waals surface area (Å²) in [4.78, 5) is 4.01. The summed E-state index contributed by atoms with van der Waals surface area (Å²) in [5.41, 5.74) is 0. The van der Waals surface area contributed by atoms with E-state index in [1.165, 1.54) is 0 Å². The maximum absolute atomic E-state index is 4.08. The van der Waals surface area contributed by atoms with E-state index in [1.807, 2.05) is 12.2 Å². The molecule has 0 heterocycles. The predicted molar refractivity (Wildman–Crippen MR) is 50.9 cm³/mol. The molecule has 0 radical (unpaired) electrons. The van der Waals surface area contributed by atoms with Gasteiger partial charge < -0.3 is 0 Å². The lowest BCUT2D eigenvalue weighted by Gasteiger charge is -1.91. The molecule has 0 saturated heterocycles. The van der Waals surface area contributed by atoms with Crippen LogP contribution < -0.4 is 0 Å². The Hall–Kier alpha value is -0.500. The van der Waals surface area contributed by atoms with Crippen molar-refractivity contribution in [2.75, 3.05) is 0 Å². The topological polar surface area (TPSA) is 12.4 Å². The first-order valence-corrected chi connectivity index (χ1v) is 3.81. The molecule has 1 atom stereocenters. The molecule has 0 spiro atoms. The maximum atomic E-state index is 4.08. The number of nitrogens with zero attached hydrogens (tertiary/aromatic N) is 1. The van der Waals surface area contributed by atoms with E-state index >= 15 is 0 Å². The molecule has 0 aromatic rings. The van der Waals surface area contributed by atoms with Gasteiger partial charge in [-0.05, 0) is 12.5 Å². The van der Waals surface area contributed by atoms with Crippen LogP contribution in [0.4, 0.5) is 0 Å². The molecule has 2 heteroatoms. The Morgan fingerprint density at radius 3 is 2.90 bits per heavy atom. The van der Waals surface area contributed by atoms with Gasteiger partial charge in [-0.1, -0.05) is 19.1 Å². The van der Waals surface area contributed by atoms with Gasteiger partial charge in [-0.3, -0.25) is 4.99 Å². The fourth-order valence-corrected chi connectivity index (χ4v) is 0.473. The van der Waals surface area contributed by atoms with Gasteiger partial charge in [0.15, 0.2) is 0 Å². The van der Waals surface area contributed by atoms with E-state index in [0.717, 1.165) is 6.42 Å². The highest BCUT2D eigenvalue weighted by atomic mass is 32.1. The number of thiol groups is 1. The summed E-state index contributed by atoms with van der Waals surface area (Å²) in [6.07, 6.45) is 8.40. The average Bonchev–Trinajstić information content (AvgIpc) is 1.98. The minimum absolute atomic E-state index is 0.0680. The van der Waals surface area contributed by atoms with E-state index < -0.39 is 0 Å². The molecule has 0 fully saturated rings. The molecule has 0 aromatic carbocycles. The summed E-state index contributed by atoms with van der Waals surface area (Å²) >= 11 is 4.08. The van der Waals surface area contributed by atoms with E-state index in [-0.39, 0.29) is 5.37 Å². The summed E-state index contributed by atoms with van der Waals surface area (Å²) in [6, 6.07) is 0. The van der Waals surface area contributed by atoms with Crippen LogP contribution in [0.1, 0.15) is 13.3 Å². The van der Waals surface area contributed by atoms with Crippen molar-refractivity contribution in [1.29, 1.82) is 0 Å². The van der Waals surface area contributed by atoms with Crippen LogP contribution in [0.15, 0.2) is 29.8 Å². The molecule has 0 saturated carbocycles. The minimum Gasteiger partial charge on any atom is -0.275 e. The second kappa shape index (κ2) is 6.62. The highest BCUT2D eigenvalue weighted by Crippen LogP contribution is 1.95. The summed E-state index contributed by atoms with van der Waals surface area (Å²) in [7, 11) is 0. The summed E-state index contributed by atoms with van der Waals surface area (Å²) < 4.78 is 0. The predicted octanol–water partition coefficient (Wildman–Crippen LogP) is 2.47. The maximum Gasteiger partial charge on any atom is 0.110 e. The van der Waals surface area contributed by atoms with E-state index in [1.54, 1.807) is 12.3 Å². The Morgan fingerprint density at radius 1 is 1.70 bits per heavy atom. The SMILES string of the molecule is C=C[C@H](S)/N=C\C=C/CC. The molecular weight excluding hydrogens is 142 g/mol. The van der Waals surface area contributed by atoms with Gasteiger partial charge in [-0.25, -0.2) is 0 Å². The first-order chi connectivity index (χ1) is 4.81. The molecule has 56 valence electrons. The number of allylic oxidation sites excluding steroid dienone is 2. The van der Waals surface area contributed by atoms with Crippen molar-refractivity contribution in [3.63, 3.8) is 0 Å². The molecule has 10 heavy (non-hydrogen) atoms. The Balaban J connectivity index is 3.54. The first-order valence-electron chi connectivity index (χ1n) is 3.30. The van der Waals surface area contributed by atoms with Crippen LogP contribution in [0.25, 0.3) is 0 Å². The van der Waals surface area contributed by atoms with Crippen molar-refractivity contribution in [3.8, 4) is 0 Å². The molecule has 0 unspecified atom stereocenters. The van der Waals surface area contributed by atoms with Crippen LogP contribution in [-0.2, 0) is 0 Å². The molecule has 0 aliphatic rings. The van der Waals surface area contributed by atoms with Gasteiger partial charge in [0, 0.05) is 6.21 Å². The molecule has 0 amide bonds. The Bertz CT molecular complexity index is 138. The Labute approximate surface area is 68.0 Å². The third-order valence-corrected chi connectivity index (χ3v) is 1.25. The summed E-state index contributed by atoms with van der Waals surface area (Å²) in [5, 5.41) is -0.0680. The largest absolute Gasteiger partial charge is 0.275 e. The monoisotopic (exact) mass is 155 g/mol. The second-order valence-electron chi connectivity index (χ2n) is 1.78. The lowest BCUT2D eigenvalue weighted by atomic mass is 10.4.